The summed E-state index contributed by atoms with van der Waals surface area (Å²) in [5, 5.41) is 0. The molecule has 160 valence electrons. The molecule has 0 fully saturated rings. The zero-order valence-corrected chi connectivity index (χ0v) is 22.1. The summed E-state index contributed by atoms with van der Waals surface area (Å²) >= 11 is 4.21. The molecule has 0 saturated heterocycles. The Morgan fingerprint density at radius 1 is 0.690 bits per heavy atom. The Morgan fingerprint density at radius 2 is 1.10 bits per heavy atom. The highest BCUT2D eigenvalue weighted by atomic mass is 79.9. The average molecular weight is 500 g/mol. The molecule has 0 atom stereocenters. The quantitative estimate of drug-likeness (QED) is 0.410. The number of nitrogens with zero attached hydrogens (tertiary/aromatic N) is 6. The first kappa shape index (κ1) is 24.5. The van der Waals surface area contributed by atoms with Crippen molar-refractivity contribution in [1.29, 1.82) is 0 Å². The van der Waals surface area contributed by atoms with Crippen molar-refractivity contribution in [2.75, 3.05) is 60.8 Å². The van der Waals surface area contributed by atoms with Crippen molar-refractivity contribution in [3.05, 3.63) is 60.7 Å². The molecule has 0 spiro atoms. The molecule has 0 saturated carbocycles. The third-order valence-corrected chi connectivity index (χ3v) is 17.7. The first-order valence-corrected chi connectivity index (χ1v) is 14.7. The van der Waals surface area contributed by atoms with Crippen LogP contribution in [0.4, 0.5) is 11.4 Å². The molecular weight excluding hydrogens is 466 g/mol. The lowest BCUT2D eigenvalue weighted by Crippen LogP contribution is -2.41. The first-order valence-electron chi connectivity index (χ1n) is 9.42. The molecule has 0 unspecified atom stereocenters. The molecule has 9 heteroatoms. The molecule has 0 bridgehead atoms. The fourth-order valence-electron chi connectivity index (χ4n) is 3.28. The van der Waals surface area contributed by atoms with Crippen LogP contribution in [0.15, 0.2) is 65.4 Å². The molecule has 29 heavy (non-hydrogen) atoms. The highest BCUT2D eigenvalue weighted by Gasteiger charge is 2.58. The topological polar surface area (TPSA) is 28.6 Å². The van der Waals surface area contributed by atoms with Crippen molar-refractivity contribution in [3.8, 4) is 0 Å². The zero-order valence-electron chi connectivity index (χ0n) is 18.7. The van der Waals surface area contributed by atoms with Gasteiger partial charge in [-0.25, -0.2) is 14.1 Å². The molecule has 6 nitrogen and oxygen atoms in total. The standard InChI is InChI=1S/C20H34BrN6P2/c1-23(2)28(21,24(3)4)27(20-17-13-10-14-18-20)29(25(5)6,26(7)8)22-19-15-11-9-12-16-19/h9-18H,1-8H3/q+1. The maximum atomic E-state index is 5.43. The number of benzene rings is 2. The smallest absolute Gasteiger partial charge is 0.245 e. The van der Waals surface area contributed by atoms with Crippen LogP contribution in [-0.4, -0.2) is 75.1 Å². The molecule has 0 aliphatic carbocycles. The van der Waals surface area contributed by atoms with Gasteiger partial charge in [0, 0.05) is 28.2 Å². The lowest BCUT2D eigenvalue weighted by Gasteiger charge is -2.49. The predicted octanol–water partition coefficient (Wildman–Crippen LogP) is 6.09. The summed E-state index contributed by atoms with van der Waals surface area (Å²) in [6, 6.07) is 20.8. The summed E-state index contributed by atoms with van der Waals surface area (Å²) < 4.78 is 17.0. The van der Waals surface area contributed by atoms with Gasteiger partial charge in [0.05, 0.1) is 11.4 Å². The Labute approximate surface area is 185 Å². The molecule has 2 aromatic rings. The lowest BCUT2D eigenvalue weighted by molar-refractivity contribution is 0.544. The fourth-order valence-corrected chi connectivity index (χ4v) is 13.3. The molecule has 2 rings (SSSR count). The minimum Gasteiger partial charge on any atom is -0.245 e. The van der Waals surface area contributed by atoms with Gasteiger partial charge >= 0.3 is 6.42 Å². The minimum absolute atomic E-state index is 0.973. The highest BCUT2D eigenvalue weighted by molar-refractivity contribution is 9.42. The average Bonchev–Trinajstić information content (AvgIpc) is 2.68. The van der Waals surface area contributed by atoms with E-state index in [-0.39, 0.29) is 0 Å². The molecular formula is C20H34BrN6P2+. The van der Waals surface area contributed by atoms with E-state index in [0.717, 1.165) is 11.4 Å². The van der Waals surface area contributed by atoms with E-state index >= 15 is 0 Å². The van der Waals surface area contributed by atoms with Crippen molar-refractivity contribution in [2.45, 2.75) is 0 Å². The molecule has 0 radical (unpaired) electrons. The van der Waals surface area contributed by atoms with Gasteiger partial charge in [0.2, 0.25) is 23.0 Å². The predicted molar refractivity (Wildman–Crippen MR) is 135 cm³/mol. The fraction of sp³-hybridized carbons (Fsp3) is 0.400. The van der Waals surface area contributed by atoms with E-state index in [4.69, 9.17) is 4.74 Å². The zero-order chi connectivity index (χ0) is 21.8. The second-order valence-electron chi connectivity index (χ2n) is 7.48. The molecule has 2 aromatic carbocycles. The molecule has 0 heterocycles. The first-order chi connectivity index (χ1) is 13.6. The van der Waals surface area contributed by atoms with Gasteiger partial charge in [-0.1, -0.05) is 36.4 Å². The number of hydrogen-bond acceptors (Lipinski definition) is 3. The van der Waals surface area contributed by atoms with Crippen LogP contribution in [0.2, 0.25) is 0 Å². The molecule has 0 aromatic heterocycles. The summed E-state index contributed by atoms with van der Waals surface area (Å²) in [7, 11) is 14.6. The van der Waals surface area contributed by atoms with Crippen LogP contribution in [-0.2, 0) is 0 Å². The molecule has 0 aliphatic rings. The van der Waals surface area contributed by atoms with E-state index in [0.29, 0.717) is 0 Å². The van der Waals surface area contributed by atoms with Crippen LogP contribution < -0.4 is 4.44 Å². The molecule has 0 amide bonds. The Balaban J connectivity index is 2.98. The van der Waals surface area contributed by atoms with Gasteiger partial charge in [0.1, 0.15) is 0 Å². The Bertz CT molecular complexity index is 807. The SMILES string of the molecule is CN(C)P(=Nc1ccccc1)(N(C)C)N(c1ccccc1)[P+](Br)(N(C)C)N(C)C. The van der Waals surface area contributed by atoms with E-state index in [2.05, 4.69) is 137 Å². The van der Waals surface area contributed by atoms with Crippen LogP contribution in [0.25, 0.3) is 0 Å². The maximum Gasteiger partial charge on any atom is 0.328 e. The van der Waals surface area contributed by atoms with Crippen LogP contribution in [0, 0.1) is 0 Å². The molecule has 0 aliphatic heterocycles. The summed E-state index contributed by atoms with van der Waals surface area (Å²) in [5.41, 5.74) is 2.11. The summed E-state index contributed by atoms with van der Waals surface area (Å²) in [6.45, 7) is 0. The molecule has 0 N–H and O–H groups in total. The Hall–Kier alpha value is -0.780. The number of rotatable bonds is 8. The monoisotopic (exact) mass is 499 g/mol. The Morgan fingerprint density at radius 3 is 1.48 bits per heavy atom. The summed E-state index contributed by atoms with van der Waals surface area (Å²) in [5.74, 6) is 0. The number of anilines is 1. The van der Waals surface area contributed by atoms with Gasteiger partial charge < -0.3 is 0 Å². The van der Waals surface area contributed by atoms with Gasteiger partial charge in [0.25, 0.3) is 0 Å². The van der Waals surface area contributed by atoms with Gasteiger partial charge in [-0.15, -0.1) is 13.8 Å². The van der Waals surface area contributed by atoms with Crippen LogP contribution in [0.5, 0.6) is 0 Å². The van der Waals surface area contributed by atoms with Crippen molar-refractivity contribution in [2.24, 2.45) is 4.74 Å². The third-order valence-electron chi connectivity index (χ3n) is 4.58. The normalized spacial score (nSPS) is 12.9. The third kappa shape index (κ3) is 4.77. The van der Waals surface area contributed by atoms with Gasteiger partial charge in [-0.3, -0.25) is 0 Å². The van der Waals surface area contributed by atoms with Crippen LogP contribution >= 0.6 is 29.4 Å². The highest BCUT2D eigenvalue weighted by Crippen LogP contribution is 2.82. The van der Waals surface area contributed by atoms with Gasteiger partial charge in [-0.2, -0.15) is 0 Å². The van der Waals surface area contributed by atoms with E-state index < -0.39 is 13.9 Å². The number of para-hydroxylation sites is 1. The number of hydrogen-bond donors (Lipinski definition) is 0. The maximum absolute atomic E-state index is 5.43. The summed E-state index contributed by atoms with van der Waals surface area (Å²) in [4.78, 5) is 0. The van der Waals surface area contributed by atoms with Gasteiger partial charge in [0.15, 0.2) is 0 Å². The second-order valence-corrected chi connectivity index (χ2v) is 16.9. The summed E-state index contributed by atoms with van der Waals surface area (Å²) in [6.07, 6.45) is -2.13. The van der Waals surface area contributed by atoms with E-state index in [1.54, 1.807) is 0 Å². The Kier molecular flexibility index (Phi) is 8.46. The van der Waals surface area contributed by atoms with Crippen LogP contribution in [0.3, 0.4) is 0 Å². The van der Waals surface area contributed by atoms with Gasteiger partial charge in [-0.05, 0) is 52.5 Å². The van der Waals surface area contributed by atoms with E-state index in [9.17, 15) is 0 Å². The van der Waals surface area contributed by atoms with E-state index in [1.807, 2.05) is 18.2 Å². The number of halogens is 1. The van der Waals surface area contributed by atoms with E-state index in [1.165, 1.54) is 0 Å². The van der Waals surface area contributed by atoms with Crippen molar-refractivity contribution < 1.29 is 0 Å². The van der Waals surface area contributed by atoms with Crippen molar-refractivity contribution in [1.82, 2.24) is 18.7 Å². The minimum atomic E-state index is -2.38. The largest absolute Gasteiger partial charge is 0.328 e. The van der Waals surface area contributed by atoms with Crippen LogP contribution in [0.1, 0.15) is 0 Å². The second kappa shape index (κ2) is 10.0. The lowest BCUT2D eigenvalue weighted by atomic mass is 10.3. The van der Waals surface area contributed by atoms with Crippen molar-refractivity contribution >= 4 is 40.8 Å². The van der Waals surface area contributed by atoms with Crippen molar-refractivity contribution in [3.63, 3.8) is 0 Å².